The Morgan fingerprint density at radius 3 is 2.83 bits per heavy atom. The van der Waals surface area contributed by atoms with Crippen LogP contribution in [0.4, 0.5) is 14.5 Å². The summed E-state index contributed by atoms with van der Waals surface area (Å²) >= 11 is 0. The summed E-state index contributed by atoms with van der Waals surface area (Å²) in [7, 11) is 0. The smallest absolute Gasteiger partial charge is 0.337 e. The minimum atomic E-state index is -2.49. The maximum atomic E-state index is 11.8. The number of hydrogen-bond donors (Lipinski definition) is 2. The third-order valence-corrected chi connectivity index (χ3v) is 2.21. The lowest BCUT2D eigenvalue weighted by Crippen LogP contribution is -2.14. The molecule has 0 spiro atoms. The normalized spacial score (nSPS) is 10.7. The maximum Gasteiger partial charge on any atom is 0.337 e. The molecule has 100 valence electrons. The van der Waals surface area contributed by atoms with Crippen molar-refractivity contribution in [2.45, 2.75) is 13.3 Å². The van der Waals surface area contributed by atoms with Gasteiger partial charge in [-0.05, 0) is 19.1 Å². The SMILES string of the molecule is Cc1ccc(NCCOCC(F)F)c(C(=O)O)c1. The molecule has 4 nitrogen and oxygen atoms in total. The lowest BCUT2D eigenvalue weighted by molar-refractivity contribution is 0.0215. The lowest BCUT2D eigenvalue weighted by Gasteiger charge is -2.10. The third-order valence-electron chi connectivity index (χ3n) is 2.21. The molecule has 0 fully saturated rings. The van der Waals surface area contributed by atoms with Gasteiger partial charge in [-0.25, -0.2) is 13.6 Å². The molecule has 0 saturated carbocycles. The molecular formula is C12H15F2NO3. The minimum absolute atomic E-state index is 0.0945. The predicted molar refractivity (Wildman–Crippen MR) is 63.5 cm³/mol. The van der Waals surface area contributed by atoms with Crippen molar-refractivity contribution in [3.8, 4) is 0 Å². The van der Waals surface area contributed by atoms with E-state index in [-0.39, 0.29) is 18.7 Å². The quantitative estimate of drug-likeness (QED) is 0.738. The predicted octanol–water partition coefficient (Wildman–Crippen LogP) is 2.39. The summed E-state index contributed by atoms with van der Waals surface area (Å²) in [6, 6.07) is 4.96. The van der Waals surface area contributed by atoms with E-state index in [9.17, 15) is 13.6 Å². The van der Waals surface area contributed by atoms with Gasteiger partial charge in [-0.15, -0.1) is 0 Å². The second-order valence-electron chi connectivity index (χ2n) is 3.75. The average Bonchev–Trinajstić information content (AvgIpc) is 2.29. The van der Waals surface area contributed by atoms with E-state index in [0.29, 0.717) is 5.69 Å². The van der Waals surface area contributed by atoms with Crippen LogP contribution in [0.1, 0.15) is 15.9 Å². The van der Waals surface area contributed by atoms with Crippen molar-refractivity contribution in [3.63, 3.8) is 0 Å². The van der Waals surface area contributed by atoms with Crippen molar-refractivity contribution < 1.29 is 23.4 Å². The Labute approximate surface area is 104 Å². The van der Waals surface area contributed by atoms with Crippen LogP contribution in [0, 0.1) is 6.92 Å². The Hall–Kier alpha value is -1.69. The summed E-state index contributed by atoms with van der Waals surface area (Å²) in [4.78, 5) is 11.0. The molecule has 1 aromatic rings. The summed E-state index contributed by atoms with van der Waals surface area (Å²) in [6.07, 6.45) is -2.49. The molecule has 0 aliphatic heterocycles. The van der Waals surface area contributed by atoms with Gasteiger partial charge in [0.2, 0.25) is 0 Å². The summed E-state index contributed by atoms with van der Waals surface area (Å²) in [5, 5.41) is 11.8. The summed E-state index contributed by atoms with van der Waals surface area (Å²) < 4.78 is 28.2. The van der Waals surface area contributed by atoms with Gasteiger partial charge in [0.15, 0.2) is 0 Å². The number of halogens is 2. The Morgan fingerprint density at radius 2 is 2.22 bits per heavy atom. The number of alkyl halides is 2. The Morgan fingerprint density at radius 1 is 1.50 bits per heavy atom. The number of aryl methyl sites for hydroxylation is 1. The zero-order valence-electron chi connectivity index (χ0n) is 9.95. The molecule has 1 aromatic carbocycles. The van der Waals surface area contributed by atoms with Crippen LogP contribution < -0.4 is 5.32 Å². The van der Waals surface area contributed by atoms with Crippen LogP contribution >= 0.6 is 0 Å². The molecule has 0 aliphatic rings. The van der Waals surface area contributed by atoms with Crippen LogP contribution in [0.3, 0.4) is 0 Å². The number of carbonyl (C=O) groups is 1. The fraction of sp³-hybridized carbons (Fsp3) is 0.417. The van der Waals surface area contributed by atoms with E-state index in [1.54, 1.807) is 25.1 Å². The van der Waals surface area contributed by atoms with E-state index >= 15 is 0 Å². The number of rotatable bonds is 7. The molecule has 0 radical (unpaired) electrons. The molecule has 2 N–H and O–H groups in total. The van der Waals surface area contributed by atoms with E-state index < -0.39 is 19.0 Å². The van der Waals surface area contributed by atoms with E-state index in [1.165, 1.54) is 0 Å². The van der Waals surface area contributed by atoms with Gasteiger partial charge in [0.05, 0.1) is 12.2 Å². The molecule has 6 heteroatoms. The zero-order chi connectivity index (χ0) is 13.5. The van der Waals surface area contributed by atoms with Gasteiger partial charge in [0, 0.05) is 12.2 Å². The standard InChI is InChI=1S/C12H15F2NO3/c1-8-2-3-10(9(6-8)12(16)17)15-4-5-18-7-11(13)14/h2-3,6,11,15H,4-5,7H2,1H3,(H,16,17). The minimum Gasteiger partial charge on any atom is -0.478 e. The Balaban J connectivity index is 2.49. The molecule has 0 heterocycles. The molecule has 0 bridgehead atoms. The highest BCUT2D eigenvalue weighted by Gasteiger charge is 2.09. The highest BCUT2D eigenvalue weighted by atomic mass is 19.3. The number of aromatic carboxylic acids is 1. The number of carboxylic acid groups (broad SMARTS) is 1. The lowest BCUT2D eigenvalue weighted by atomic mass is 10.1. The molecule has 1 rings (SSSR count). The number of nitrogens with one attached hydrogen (secondary N) is 1. The van der Waals surface area contributed by atoms with Gasteiger partial charge in [-0.3, -0.25) is 0 Å². The monoisotopic (exact) mass is 259 g/mol. The summed E-state index contributed by atoms with van der Waals surface area (Å²) in [6.45, 7) is 1.55. The van der Waals surface area contributed by atoms with E-state index in [1.807, 2.05) is 0 Å². The van der Waals surface area contributed by atoms with Crippen LogP contribution in [0.2, 0.25) is 0 Å². The first-order chi connectivity index (χ1) is 8.50. The van der Waals surface area contributed by atoms with Crippen molar-refractivity contribution in [1.29, 1.82) is 0 Å². The van der Waals surface area contributed by atoms with Gasteiger partial charge in [-0.1, -0.05) is 11.6 Å². The largest absolute Gasteiger partial charge is 0.478 e. The van der Waals surface area contributed by atoms with Crippen molar-refractivity contribution in [1.82, 2.24) is 0 Å². The molecule has 18 heavy (non-hydrogen) atoms. The number of hydrogen-bond acceptors (Lipinski definition) is 3. The van der Waals surface area contributed by atoms with Crippen molar-refractivity contribution in [3.05, 3.63) is 29.3 Å². The molecule has 0 aromatic heterocycles. The first-order valence-corrected chi connectivity index (χ1v) is 5.44. The number of ether oxygens (including phenoxy) is 1. The molecule has 0 atom stereocenters. The van der Waals surface area contributed by atoms with Gasteiger partial charge in [-0.2, -0.15) is 0 Å². The third kappa shape index (κ3) is 4.67. The second kappa shape index (κ2) is 6.90. The van der Waals surface area contributed by atoms with E-state index in [2.05, 4.69) is 10.1 Å². The van der Waals surface area contributed by atoms with E-state index in [0.717, 1.165) is 5.56 Å². The first kappa shape index (κ1) is 14.4. The van der Waals surface area contributed by atoms with E-state index in [4.69, 9.17) is 5.11 Å². The van der Waals surface area contributed by atoms with Crippen LogP contribution in [0.5, 0.6) is 0 Å². The number of carboxylic acids is 1. The molecule has 0 saturated heterocycles. The zero-order valence-corrected chi connectivity index (χ0v) is 9.95. The maximum absolute atomic E-state index is 11.8. The summed E-state index contributed by atoms with van der Waals surface area (Å²) in [5.41, 5.74) is 1.45. The Bertz CT molecular complexity index is 410. The van der Waals surface area contributed by atoms with Gasteiger partial charge < -0.3 is 15.2 Å². The van der Waals surface area contributed by atoms with Crippen molar-refractivity contribution in [2.24, 2.45) is 0 Å². The molecular weight excluding hydrogens is 244 g/mol. The molecule has 0 aliphatic carbocycles. The number of anilines is 1. The molecule has 0 unspecified atom stereocenters. The van der Waals surface area contributed by atoms with Crippen LogP contribution in [0.25, 0.3) is 0 Å². The highest BCUT2D eigenvalue weighted by molar-refractivity contribution is 5.94. The fourth-order valence-electron chi connectivity index (χ4n) is 1.42. The van der Waals surface area contributed by atoms with Gasteiger partial charge in [0.1, 0.15) is 6.61 Å². The van der Waals surface area contributed by atoms with Crippen LogP contribution in [-0.2, 0) is 4.74 Å². The van der Waals surface area contributed by atoms with Crippen molar-refractivity contribution >= 4 is 11.7 Å². The van der Waals surface area contributed by atoms with Crippen molar-refractivity contribution in [2.75, 3.05) is 25.1 Å². The van der Waals surface area contributed by atoms with Crippen LogP contribution in [0.15, 0.2) is 18.2 Å². The second-order valence-corrected chi connectivity index (χ2v) is 3.75. The highest BCUT2D eigenvalue weighted by Crippen LogP contribution is 2.17. The van der Waals surface area contributed by atoms with Gasteiger partial charge >= 0.3 is 5.97 Å². The summed E-state index contributed by atoms with van der Waals surface area (Å²) in [5.74, 6) is -1.03. The number of benzene rings is 1. The molecule has 0 amide bonds. The van der Waals surface area contributed by atoms with Gasteiger partial charge in [0.25, 0.3) is 6.43 Å². The average molecular weight is 259 g/mol. The fourth-order valence-corrected chi connectivity index (χ4v) is 1.42. The first-order valence-electron chi connectivity index (χ1n) is 5.44. The van der Waals surface area contributed by atoms with Crippen LogP contribution in [-0.4, -0.2) is 37.3 Å². The Kier molecular flexibility index (Phi) is 5.51. The topological polar surface area (TPSA) is 58.6 Å².